The number of pyridine rings is 1. The first-order chi connectivity index (χ1) is 11.1. The van der Waals surface area contributed by atoms with Crippen molar-refractivity contribution in [1.82, 2.24) is 4.98 Å². The highest BCUT2D eigenvalue weighted by Gasteiger charge is 2.34. The molecule has 2 unspecified atom stereocenters. The molecule has 122 valence electrons. The first-order valence-electron chi connectivity index (χ1n) is 7.81. The normalized spacial score (nSPS) is 21.4. The number of hydrogen-bond acceptors (Lipinski definition) is 5. The number of fused-ring (bicyclic) bond motifs is 1. The summed E-state index contributed by atoms with van der Waals surface area (Å²) < 4.78 is 18.7. The summed E-state index contributed by atoms with van der Waals surface area (Å²) in [7, 11) is 0. The first kappa shape index (κ1) is 15.7. The van der Waals surface area contributed by atoms with Crippen LogP contribution in [0.2, 0.25) is 0 Å². The third kappa shape index (κ3) is 3.12. The lowest BCUT2D eigenvalue weighted by Gasteiger charge is -2.36. The van der Waals surface area contributed by atoms with Crippen LogP contribution in [0.4, 0.5) is 10.2 Å². The van der Waals surface area contributed by atoms with E-state index in [1.54, 1.807) is 19.2 Å². The van der Waals surface area contributed by atoms with Crippen molar-refractivity contribution in [1.29, 1.82) is 0 Å². The molecule has 2 heterocycles. The minimum absolute atomic E-state index is 0.225. The van der Waals surface area contributed by atoms with Crippen LogP contribution >= 0.6 is 0 Å². The maximum Gasteiger partial charge on any atom is 0.312 e. The summed E-state index contributed by atoms with van der Waals surface area (Å²) in [6, 6.07) is 6.26. The number of nitrogens with two attached hydrogens (primary N) is 1. The molecule has 1 aliphatic rings. The highest BCUT2D eigenvalue weighted by molar-refractivity contribution is 5.92. The van der Waals surface area contributed by atoms with Gasteiger partial charge in [-0.2, -0.15) is 0 Å². The van der Waals surface area contributed by atoms with Crippen molar-refractivity contribution >= 4 is 22.6 Å². The zero-order chi connectivity index (χ0) is 16.4. The molecular weight excluding hydrogens is 297 g/mol. The standard InChI is InChI=1S/C17H20FN3O2/c1-2-23-17(22)14-10-21(8-6-15(14)19)16-13-9-12(18)4-3-11(13)5-7-20-16/h3-5,7,9,14-15H,2,6,8,10,19H2,1H3. The summed E-state index contributed by atoms with van der Waals surface area (Å²) in [6.07, 6.45) is 2.36. The second-order valence-electron chi connectivity index (χ2n) is 5.76. The van der Waals surface area contributed by atoms with Crippen molar-refractivity contribution in [3.8, 4) is 0 Å². The number of aromatic nitrogens is 1. The van der Waals surface area contributed by atoms with Gasteiger partial charge < -0.3 is 15.4 Å². The van der Waals surface area contributed by atoms with Crippen LogP contribution in [0.1, 0.15) is 13.3 Å². The number of rotatable bonds is 3. The van der Waals surface area contributed by atoms with Crippen molar-refractivity contribution in [3.05, 3.63) is 36.3 Å². The number of carbonyl (C=O) groups is 1. The molecule has 6 heteroatoms. The van der Waals surface area contributed by atoms with E-state index in [9.17, 15) is 9.18 Å². The summed E-state index contributed by atoms with van der Waals surface area (Å²) >= 11 is 0. The number of halogens is 1. The Labute approximate surface area is 134 Å². The van der Waals surface area contributed by atoms with Gasteiger partial charge in [0.25, 0.3) is 0 Å². The summed E-state index contributed by atoms with van der Waals surface area (Å²) in [6.45, 7) is 3.22. The molecule has 23 heavy (non-hydrogen) atoms. The van der Waals surface area contributed by atoms with Gasteiger partial charge in [-0.15, -0.1) is 0 Å². The second-order valence-corrected chi connectivity index (χ2v) is 5.76. The van der Waals surface area contributed by atoms with Crippen LogP contribution in [0.25, 0.3) is 10.8 Å². The van der Waals surface area contributed by atoms with Crippen LogP contribution in [-0.2, 0) is 9.53 Å². The van der Waals surface area contributed by atoms with Gasteiger partial charge in [0.05, 0.1) is 12.5 Å². The first-order valence-corrected chi connectivity index (χ1v) is 7.81. The number of hydrogen-bond donors (Lipinski definition) is 1. The summed E-state index contributed by atoms with van der Waals surface area (Å²) in [4.78, 5) is 18.5. The quantitative estimate of drug-likeness (QED) is 0.878. The lowest BCUT2D eigenvalue weighted by Crippen LogP contribution is -2.51. The largest absolute Gasteiger partial charge is 0.466 e. The van der Waals surface area contributed by atoms with Gasteiger partial charge in [-0.25, -0.2) is 9.37 Å². The summed E-state index contributed by atoms with van der Waals surface area (Å²) in [5, 5.41) is 1.66. The third-order valence-corrected chi connectivity index (χ3v) is 4.26. The highest BCUT2D eigenvalue weighted by Crippen LogP contribution is 2.29. The number of carbonyl (C=O) groups excluding carboxylic acids is 1. The second kappa shape index (κ2) is 6.50. The number of nitrogens with zero attached hydrogens (tertiary/aromatic N) is 2. The summed E-state index contributed by atoms with van der Waals surface area (Å²) in [5.74, 6) is -0.295. The molecule has 1 aromatic heterocycles. The van der Waals surface area contributed by atoms with E-state index in [4.69, 9.17) is 10.5 Å². The molecule has 1 saturated heterocycles. The molecule has 5 nitrogen and oxygen atoms in total. The Morgan fingerprint density at radius 2 is 2.30 bits per heavy atom. The highest BCUT2D eigenvalue weighted by atomic mass is 19.1. The smallest absolute Gasteiger partial charge is 0.312 e. The Balaban J connectivity index is 1.92. The van der Waals surface area contributed by atoms with Gasteiger partial charge in [0.1, 0.15) is 11.6 Å². The van der Waals surface area contributed by atoms with E-state index >= 15 is 0 Å². The van der Waals surface area contributed by atoms with E-state index in [-0.39, 0.29) is 17.8 Å². The van der Waals surface area contributed by atoms with Crippen LogP contribution in [0.5, 0.6) is 0 Å². The van der Waals surface area contributed by atoms with E-state index in [1.807, 2.05) is 11.0 Å². The Morgan fingerprint density at radius 1 is 1.48 bits per heavy atom. The van der Waals surface area contributed by atoms with Crippen LogP contribution in [0, 0.1) is 11.7 Å². The number of benzene rings is 1. The van der Waals surface area contributed by atoms with Gasteiger partial charge in [0, 0.05) is 30.7 Å². The minimum atomic E-state index is -0.394. The zero-order valence-corrected chi connectivity index (χ0v) is 13.0. The third-order valence-electron chi connectivity index (χ3n) is 4.26. The van der Waals surface area contributed by atoms with Crippen LogP contribution in [-0.4, -0.2) is 36.7 Å². The maximum atomic E-state index is 13.6. The van der Waals surface area contributed by atoms with E-state index in [2.05, 4.69) is 4.98 Å². The number of piperidine rings is 1. The predicted octanol–water partition coefficient (Wildman–Crippen LogP) is 2.09. The van der Waals surface area contributed by atoms with Crippen LogP contribution < -0.4 is 10.6 Å². The Kier molecular flexibility index (Phi) is 4.43. The van der Waals surface area contributed by atoms with E-state index in [1.165, 1.54) is 12.1 Å². The van der Waals surface area contributed by atoms with Gasteiger partial charge in [-0.1, -0.05) is 6.07 Å². The van der Waals surface area contributed by atoms with Crippen molar-refractivity contribution in [2.45, 2.75) is 19.4 Å². The molecule has 2 N–H and O–H groups in total. The van der Waals surface area contributed by atoms with Gasteiger partial charge in [-0.3, -0.25) is 4.79 Å². The summed E-state index contributed by atoms with van der Waals surface area (Å²) in [5.41, 5.74) is 6.08. The molecule has 0 aliphatic carbocycles. The fourth-order valence-electron chi connectivity index (χ4n) is 3.04. The average molecular weight is 317 g/mol. The fraction of sp³-hybridized carbons (Fsp3) is 0.412. The topological polar surface area (TPSA) is 68.5 Å². The fourth-order valence-corrected chi connectivity index (χ4v) is 3.04. The van der Waals surface area contributed by atoms with Crippen LogP contribution in [0.15, 0.2) is 30.5 Å². The number of anilines is 1. The Hall–Kier alpha value is -2.21. The molecule has 0 saturated carbocycles. The van der Waals surface area contributed by atoms with E-state index in [0.29, 0.717) is 31.9 Å². The Bertz CT molecular complexity index is 722. The molecule has 2 aromatic rings. The Morgan fingerprint density at radius 3 is 3.09 bits per heavy atom. The maximum absolute atomic E-state index is 13.6. The number of esters is 1. The predicted molar refractivity (Wildman–Crippen MR) is 86.6 cm³/mol. The molecule has 0 radical (unpaired) electrons. The van der Waals surface area contributed by atoms with Gasteiger partial charge in [0.15, 0.2) is 0 Å². The lowest BCUT2D eigenvalue weighted by atomic mass is 9.92. The lowest BCUT2D eigenvalue weighted by molar-refractivity contribution is -0.148. The molecule has 3 rings (SSSR count). The van der Waals surface area contributed by atoms with E-state index in [0.717, 1.165) is 10.8 Å². The zero-order valence-electron chi connectivity index (χ0n) is 13.0. The van der Waals surface area contributed by atoms with Gasteiger partial charge in [0.2, 0.25) is 0 Å². The SMILES string of the molecule is CCOC(=O)C1CN(c2nccc3ccc(F)cc23)CCC1N. The molecule has 1 fully saturated rings. The van der Waals surface area contributed by atoms with Crippen molar-refractivity contribution in [2.24, 2.45) is 11.7 Å². The van der Waals surface area contributed by atoms with Gasteiger partial charge >= 0.3 is 5.97 Å². The van der Waals surface area contributed by atoms with E-state index < -0.39 is 5.92 Å². The molecule has 0 bridgehead atoms. The molecule has 0 spiro atoms. The number of ether oxygens (including phenoxy) is 1. The molecule has 1 aliphatic heterocycles. The molecule has 1 aromatic carbocycles. The molecular formula is C17H20FN3O2. The molecule has 0 amide bonds. The van der Waals surface area contributed by atoms with Crippen molar-refractivity contribution in [3.63, 3.8) is 0 Å². The van der Waals surface area contributed by atoms with Gasteiger partial charge in [-0.05, 0) is 36.9 Å². The minimum Gasteiger partial charge on any atom is -0.466 e. The van der Waals surface area contributed by atoms with Crippen molar-refractivity contribution < 1.29 is 13.9 Å². The molecule has 2 atom stereocenters. The van der Waals surface area contributed by atoms with Crippen LogP contribution in [0.3, 0.4) is 0 Å². The average Bonchev–Trinajstić information content (AvgIpc) is 2.55. The monoisotopic (exact) mass is 317 g/mol. The van der Waals surface area contributed by atoms with Crippen molar-refractivity contribution in [2.75, 3.05) is 24.6 Å².